The second kappa shape index (κ2) is 6.52. The molecule has 1 aromatic carbocycles. The predicted octanol–water partition coefficient (Wildman–Crippen LogP) is 1.70. The molecule has 0 saturated carbocycles. The van der Waals surface area contributed by atoms with Gasteiger partial charge in [0.2, 0.25) is 5.91 Å². The monoisotopic (exact) mass is 277 g/mol. The minimum atomic E-state index is -0.937. The topological polar surface area (TPSA) is 66.8 Å². The first kappa shape index (κ1) is 14.5. The SMILES string of the molecule is CCOCCC(=O)N1CCc2ccc(C(=O)O)cc2C1. The van der Waals surface area contributed by atoms with Crippen LogP contribution in [0.4, 0.5) is 0 Å². The highest BCUT2D eigenvalue weighted by molar-refractivity contribution is 5.88. The van der Waals surface area contributed by atoms with E-state index in [0.717, 1.165) is 17.5 Å². The number of rotatable bonds is 5. The molecule has 5 nitrogen and oxygen atoms in total. The van der Waals surface area contributed by atoms with Gasteiger partial charge in [0.1, 0.15) is 0 Å². The molecule has 1 aliphatic rings. The zero-order valence-corrected chi connectivity index (χ0v) is 11.6. The van der Waals surface area contributed by atoms with E-state index < -0.39 is 5.97 Å². The van der Waals surface area contributed by atoms with Crippen molar-refractivity contribution in [3.8, 4) is 0 Å². The van der Waals surface area contributed by atoms with Crippen molar-refractivity contribution in [1.82, 2.24) is 4.90 Å². The van der Waals surface area contributed by atoms with Gasteiger partial charge in [0.15, 0.2) is 0 Å². The number of amides is 1. The molecule has 108 valence electrons. The lowest BCUT2D eigenvalue weighted by atomic mass is 9.97. The number of benzene rings is 1. The third kappa shape index (κ3) is 3.36. The van der Waals surface area contributed by atoms with Gasteiger partial charge in [-0.05, 0) is 36.6 Å². The summed E-state index contributed by atoms with van der Waals surface area (Å²) in [7, 11) is 0. The molecular formula is C15H19NO4. The smallest absolute Gasteiger partial charge is 0.335 e. The Hall–Kier alpha value is -1.88. The first-order valence-corrected chi connectivity index (χ1v) is 6.82. The average molecular weight is 277 g/mol. The number of carbonyl (C=O) groups is 2. The number of hydrogen-bond donors (Lipinski definition) is 1. The molecule has 0 aliphatic carbocycles. The highest BCUT2D eigenvalue weighted by Gasteiger charge is 2.21. The molecule has 0 saturated heterocycles. The molecule has 1 aromatic rings. The summed E-state index contributed by atoms with van der Waals surface area (Å²) < 4.78 is 5.19. The van der Waals surface area contributed by atoms with Crippen molar-refractivity contribution >= 4 is 11.9 Å². The molecule has 0 radical (unpaired) electrons. The Labute approximate surface area is 118 Å². The van der Waals surface area contributed by atoms with Crippen LogP contribution in [0.25, 0.3) is 0 Å². The molecule has 5 heteroatoms. The number of carbonyl (C=O) groups excluding carboxylic acids is 1. The third-order valence-corrected chi connectivity index (χ3v) is 3.48. The van der Waals surface area contributed by atoms with Crippen LogP contribution in [0.15, 0.2) is 18.2 Å². The van der Waals surface area contributed by atoms with Crippen LogP contribution in [-0.4, -0.2) is 41.6 Å². The molecule has 0 atom stereocenters. The number of nitrogens with zero attached hydrogens (tertiary/aromatic N) is 1. The van der Waals surface area contributed by atoms with Crippen LogP contribution in [0.3, 0.4) is 0 Å². The summed E-state index contributed by atoms with van der Waals surface area (Å²) in [6, 6.07) is 5.13. The Morgan fingerprint density at radius 1 is 1.35 bits per heavy atom. The van der Waals surface area contributed by atoms with Crippen LogP contribution in [0.2, 0.25) is 0 Å². The summed E-state index contributed by atoms with van der Waals surface area (Å²) in [5, 5.41) is 9.01. The largest absolute Gasteiger partial charge is 0.478 e. The normalized spacial score (nSPS) is 13.9. The van der Waals surface area contributed by atoms with Gasteiger partial charge in [0.25, 0.3) is 0 Å². The highest BCUT2D eigenvalue weighted by Crippen LogP contribution is 2.21. The summed E-state index contributed by atoms with van der Waals surface area (Å²) >= 11 is 0. The molecular weight excluding hydrogens is 258 g/mol. The fourth-order valence-electron chi connectivity index (χ4n) is 2.36. The zero-order valence-electron chi connectivity index (χ0n) is 11.6. The maximum atomic E-state index is 12.0. The van der Waals surface area contributed by atoms with Crippen LogP contribution >= 0.6 is 0 Å². The fourth-order valence-corrected chi connectivity index (χ4v) is 2.36. The Bertz CT molecular complexity index is 513. The van der Waals surface area contributed by atoms with Crippen LogP contribution in [0, 0.1) is 0 Å². The first-order chi connectivity index (χ1) is 9.61. The van der Waals surface area contributed by atoms with Gasteiger partial charge in [0.05, 0.1) is 18.6 Å². The van der Waals surface area contributed by atoms with Crippen molar-refractivity contribution in [3.63, 3.8) is 0 Å². The second-order valence-corrected chi connectivity index (χ2v) is 4.80. The number of ether oxygens (including phenoxy) is 1. The van der Waals surface area contributed by atoms with E-state index in [1.165, 1.54) is 0 Å². The zero-order chi connectivity index (χ0) is 14.5. The average Bonchev–Trinajstić information content (AvgIpc) is 2.46. The molecule has 0 fully saturated rings. The number of aromatic carboxylic acids is 1. The van der Waals surface area contributed by atoms with E-state index >= 15 is 0 Å². The maximum Gasteiger partial charge on any atom is 0.335 e. The van der Waals surface area contributed by atoms with Crippen molar-refractivity contribution in [3.05, 3.63) is 34.9 Å². The molecule has 0 aromatic heterocycles. The lowest BCUT2D eigenvalue weighted by Crippen LogP contribution is -2.36. The fraction of sp³-hybridized carbons (Fsp3) is 0.467. The van der Waals surface area contributed by atoms with Crippen molar-refractivity contribution in [1.29, 1.82) is 0 Å². The van der Waals surface area contributed by atoms with Gasteiger partial charge in [-0.2, -0.15) is 0 Å². The molecule has 0 spiro atoms. The molecule has 0 unspecified atom stereocenters. The third-order valence-electron chi connectivity index (χ3n) is 3.48. The standard InChI is InChI=1S/C15H19NO4/c1-2-20-8-6-14(17)16-7-5-11-3-4-12(15(18)19)9-13(11)10-16/h3-4,9H,2,5-8,10H2,1H3,(H,18,19). The Kier molecular flexibility index (Phi) is 4.74. The molecule has 1 amide bonds. The number of carboxylic acid groups (broad SMARTS) is 1. The van der Waals surface area contributed by atoms with Gasteiger partial charge >= 0.3 is 5.97 Å². The van der Waals surface area contributed by atoms with E-state index in [2.05, 4.69) is 0 Å². The van der Waals surface area contributed by atoms with Gasteiger partial charge in [-0.3, -0.25) is 4.79 Å². The lowest BCUT2D eigenvalue weighted by Gasteiger charge is -2.29. The Balaban J connectivity index is 2.03. The van der Waals surface area contributed by atoms with Gasteiger partial charge in [0, 0.05) is 19.7 Å². The first-order valence-electron chi connectivity index (χ1n) is 6.82. The van der Waals surface area contributed by atoms with Gasteiger partial charge < -0.3 is 14.7 Å². The van der Waals surface area contributed by atoms with Crippen LogP contribution in [0.5, 0.6) is 0 Å². The summed E-state index contributed by atoms with van der Waals surface area (Å²) in [5.41, 5.74) is 2.33. The van der Waals surface area contributed by atoms with Crippen molar-refractivity contribution in [2.75, 3.05) is 19.8 Å². The minimum Gasteiger partial charge on any atom is -0.478 e. The van der Waals surface area contributed by atoms with Gasteiger partial charge in [-0.1, -0.05) is 6.07 Å². The van der Waals surface area contributed by atoms with E-state index in [1.807, 2.05) is 13.0 Å². The summed E-state index contributed by atoms with van der Waals surface area (Å²) in [6.07, 6.45) is 1.15. The summed E-state index contributed by atoms with van der Waals surface area (Å²) in [6.45, 7) is 4.12. The molecule has 1 heterocycles. The number of hydrogen-bond acceptors (Lipinski definition) is 3. The summed E-state index contributed by atoms with van der Waals surface area (Å²) in [4.78, 5) is 24.8. The van der Waals surface area contributed by atoms with Crippen molar-refractivity contribution in [2.24, 2.45) is 0 Å². The number of carboxylic acids is 1. The number of fused-ring (bicyclic) bond motifs is 1. The lowest BCUT2D eigenvalue weighted by molar-refractivity contribution is -0.133. The maximum absolute atomic E-state index is 12.0. The van der Waals surface area contributed by atoms with E-state index in [0.29, 0.717) is 32.7 Å². The van der Waals surface area contributed by atoms with Crippen LogP contribution < -0.4 is 0 Å². The Morgan fingerprint density at radius 2 is 2.15 bits per heavy atom. The van der Waals surface area contributed by atoms with Crippen LogP contribution in [-0.2, 0) is 22.5 Å². The molecule has 1 N–H and O–H groups in total. The summed E-state index contributed by atoms with van der Waals surface area (Å²) in [5.74, 6) is -0.877. The van der Waals surface area contributed by atoms with Crippen molar-refractivity contribution < 1.29 is 19.4 Å². The molecule has 2 rings (SSSR count). The van der Waals surface area contributed by atoms with E-state index in [-0.39, 0.29) is 11.5 Å². The quantitative estimate of drug-likeness (QED) is 0.832. The highest BCUT2D eigenvalue weighted by atomic mass is 16.5. The van der Waals surface area contributed by atoms with Crippen molar-refractivity contribution in [2.45, 2.75) is 26.3 Å². The molecule has 20 heavy (non-hydrogen) atoms. The minimum absolute atomic E-state index is 0.0600. The van der Waals surface area contributed by atoms with E-state index in [4.69, 9.17) is 9.84 Å². The predicted molar refractivity (Wildman–Crippen MR) is 73.6 cm³/mol. The van der Waals surface area contributed by atoms with Gasteiger partial charge in [-0.15, -0.1) is 0 Å². The molecule has 0 bridgehead atoms. The van der Waals surface area contributed by atoms with E-state index in [1.54, 1.807) is 17.0 Å². The Morgan fingerprint density at radius 3 is 2.85 bits per heavy atom. The molecule has 1 aliphatic heterocycles. The van der Waals surface area contributed by atoms with Gasteiger partial charge in [-0.25, -0.2) is 4.79 Å². The second-order valence-electron chi connectivity index (χ2n) is 4.80. The van der Waals surface area contributed by atoms with E-state index in [9.17, 15) is 9.59 Å². The van der Waals surface area contributed by atoms with Crippen LogP contribution in [0.1, 0.15) is 34.8 Å².